The first kappa shape index (κ1) is 13.3. The molecule has 1 heterocycles. The monoisotopic (exact) mass is 245 g/mol. The van der Waals surface area contributed by atoms with Crippen LogP contribution in [-0.4, -0.2) is 18.9 Å². The van der Waals surface area contributed by atoms with E-state index in [0.717, 1.165) is 49.7 Å². The number of ether oxygens (including phenoxy) is 1. The van der Waals surface area contributed by atoms with Crippen LogP contribution in [0.1, 0.15) is 43.7 Å². The van der Waals surface area contributed by atoms with Gasteiger partial charge in [0.25, 0.3) is 0 Å². The predicted octanol–water partition coefficient (Wildman–Crippen LogP) is 3.82. The van der Waals surface area contributed by atoms with Crippen LogP contribution < -0.4 is 0 Å². The fourth-order valence-electron chi connectivity index (χ4n) is 2.47. The zero-order valence-corrected chi connectivity index (χ0v) is 11.2. The Hall–Kier alpha value is -1.15. The van der Waals surface area contributed by atoms with Crippen LogP contribution in [0, 0.1) is 11.3 Å². The van der Waals surface area contributed by atoms with Crippen molar-refractivity contribution in [2.24, 2.45) is 5.92 Å². The molecule has 2 rings (SSSR count). The first-order valence-electron chi connectivity index (χ1n) is 7.04. The molecule has 18 heavy (non-hydrogen) atoms. The third-order valence-electron chi connectivity index (χ3n) is 3.85. The quantitative estimate of drug-likeness (QED) is 0.786. The Labute approximate surface area is 110 Å². The topological polar surface area (TPSA) is 33.1 Å². The molecule has 0 aromatic heterocycles. The van der Waals surface area contributed by atoms with E-state index in [-0.39, 0.29) is 0 Å². The Morgan fingerprint density at radius 2 is 1.89 bits per heavy atom. The molecule has 0 saturated carbocycles. The van der Waals surface area contributed by atoms with Gasteiger partial charge >= 0.3 is 0 Å². The van der Waals surface area contributed by atoms with Crippen LogP contribution >= 0.6 is 0 Å². The van der Waals surface area contributed by atoms with Crippen LogP contribution in [-0.2, 0) is 11.2 Å². The largest absolute Gasteiger partial charge is 0.381 e. The van der Waals surface area contributed by atoms with Crippen molar-refractivity contribution in [3.8, 4) is 0 Å². The molecule has 0 radical (unpaired) electrons. The fourth-order valence-corrected chi connectivity index (χ4v) is 2.47. The third kappa shape index (κ3) is 3.67. The molecule has 1 aromatic rings. The molecule has 0 unspecified atom stereocenters. The molecule has 0 atom stereocenters. The van der Waals surface area contributed by atoms with E-state index in [1.165, 1.54) is 18.4 Å². The van der Waals surface area contributed by atoms with Gasteiger partial charge in [-0.05, 0) is 49.1 Å². The lowest BCUT2D eigenvalue weighted by Crippen LogP contribution is -2.16. The predicted molar refractivity (Wildman–Crippen MR) is 75.4 cm³/mol. The molecule has 1 fully saturated rings. The number of hydrogen-bond acceptors (Lipinski definition) is 2. The van der Waals surface area contributed by atoms with Crippen LogP contribution in [0.4, 0.5) is 0 Å². The Morgan fingerprint density at radius 3 is 2.50 bits per heavy atom. The summed E-state index contributed by atoms with van der Waals surface area (Å²) in [5.74, 6) is 0.758. The molecule has 1 N–H and O–H groups in total. The fraction of sp³-hybridized carbons (Fsp3) is 0.562. The van der Waals surface area contributed by atoms with Gasteiger partial charge in [0.1, 0.15) is 0 Å². The van der Waals surface area contributed by atoms with Gasteiger partial charge in [0.2, 0.25) is 0 Å². The van der Waals surface area contributed by atoms with E-state index in [0.29, 0.717) is 0 Å². The molecule has 0 amide bonds. The molecule has 98 valence electrons. The lowest BCUT2D eigenvalue weighted by molar-refractivity contribution is 0.0645. The van der Waals surface area contributed by atoms with Crippen molar-refractivity contribution >= 4 is 5.71 Å². The minimum atomic E-state index is 0.758. The lowest BCUT2D eigenvalue weighted by Gasteiger charge is -2.21. The minimum absolute atomic E-state index is 0.758. The summed E-state index contributed by atoms with van der Waals surface area (Å²) in [6.45, 7) is 3.97. The molecular weight excluding hydrogens is 222 g/mol. The van der Waals surface area contributed by atoms with Gasteiger partial charge in [0.15, 0.2) is 0 Å². The molecular formula is C16H23NO. The Bertz CT molecular complexity index is 377. The molecule has 0 spiro atoms. The maximum absolute atomic E-state index is 8.14. The summed E-state index contributed by atoms with van der Waals surface area (Å²) >= 11 is 0. The van der Waals surface area contributed by atoms with Crippen molar-refractivity contribution in [2.75, 3.05) is 13.2 Å². The molecule has 2 nitrogen and oxygen atoms in total. The Morgan fingerprint density at radius 1 is 1.22 bits per heavy atom. The van der Waals surface area contributed by atoms with Gasteiger partial charge in [-0.2, -0.15) is 0 Å². The zero-order chi connectivity index (χ0) is 12.8. The summed E-state index contributed by atoms with van der Waals surface area (Å²) < 4.78 is 5.36. The summed E-state index contributed by atoms with van der Waals surface area (Å²) in [4.78, 5) is 0. The van der Waals surface area contributed by atoms with Crippen LogP contribution in [0.15, 0.2) is 24.3 Å². The molecule has 1 aromatic carbocycles. The highest BCUT2D eigenvalue weighted by Crippen LogP contribution is 2.21. The second-order valence-corrected chi connectivity index (χ2v) is 5.12. The van der Waals surface area contributed by atoms with Gasteiger partial charge in [0.05, 0.1) is 0 Å². The first-order chi connectivity index (χ1) is 8.79. The average Bonchev–Trinajstić information content (AvgIpc) is 2.46. The minimum Gasteiger partial charge on any atom is -0.381 e. The van der Waals surface area contributed by atoms with Gasteiger partial charge < -0.3 is 10.1 Å². The number of nitrogens with one attached hydrogen (secondary N) is 1. The van der Waals surface area contributed by atoms with Crippen LogP contribution in [0.3, 0.4) is 0 Å². The van der Waals surface area contributed by atoms with E-state index in [2.05, 4.69) is 31.2 Å². The number of aryl methyl sites for hydroxylation is 1. The second kappa shape index (κ2) is 6.69. The van der Waals surface area contributed by atoms with E-state index < -0.39 is 0 Å². The Balaban J connectivity index is 1.82. The lowest BCUT2D eigenvalue weighted by atomic mass is 9.92. The smallest absolute Gasteiger partial charge is 0.0468 e. The van der Waals surface area contributed by atoms with Crippen molar-refractivity contribution < 1.29 is 4.74 Å². The van der Waals surface area contributed by atoms with Gasteiger partial charge in [-0.15, -0.1) is 0 Å². The number of hydrogen-bond donors (Lipinski definition) is 1. The number of rotatable bonds is 5. The van der Waals surface area contributed by atoms with Gasteiger partial charge in [0, 0.05) is 18.9 Å². The van der Waals surface area contributed by atoms with Crippen molar-refractivity contribution in [2.45, 2.75) is 39.0 Å². The van der Waals surface area contributed by atoms with Crippen molar-refractivity contribution in [3.63, 3.8) is 0 Å². The number of benzene rings is 1. The zero-order valence-electron chi connectivity index (χ0n) is 11.2. The summed E-state index contributed by atoms with van der Waals surface area (Å²) in [6.07, 6.45) is 5.44. The molecule has 1 aliphatic heterocycles. The van der Waals surface area contributed by atoms with Gasteiger partial charge in [-0.3, -0.25) is 0 Å². The van der Waals surface area contributed by atoms with Crippen molar-refractivity contribution in [1.82, 2.24) is 0 Å². The van der Waals surface area contributed by atoms with E-state index in [1.807, 2.05) is 0 Å². The molecule has 2 heteroatoms. The maximum atomic E-state index is 8.14. The van der Waals surface area contributed by atoms with Crippen molar-refractivity contribution in [1.29, 1.82) is 5.41 Å². The summed E-state index contributed by atoms with van der Waals surface area (Å²) in [6, 6.07) is 8.45. The molecule has 0 bridgehead atoms. The van der Waals surface area contributed by atoms with E-state index in [1.54, 1.807) is 0 Å². The SMILES string of the molecule is CCc1ccc(C(=N)CCC2CCOCC2)cc1. The van der Waals surface area contributed by atoms with E-state index in [9.17, 15) is 0 Å². The van der Waals surface area contributed by atoms with Crippen LogP contribution in [0.2, 0.25) is 0 Å². The van der Waals surface area contributed by atoms with E-state index in [4.69, 9.17) is 10.1 Å². The normalized spacial score (nSPS) is 16.7. The van der Waals surface area contributed by atoms with Gasteiger partial charge in [-0.25, -0.2) is 0 Å². The summed E-state index contributed by atoms with van der Waals surface area (Å²) in [5.41, 5.74) is 3.21. The highest BCUT2D eigenvalue weighted by molar-refractivity contribution is 5.98. The third-order valence-corrected chi connectivity index (χ3v) is 3.85. The van der Waals surface area contributed by atoms with E-state index >= 15 is 0 Å². The van der Waals surface area contributed by atoms with Gasteiger partial charge in [-0.1, -0.05) is 31.2 Å². The molecule has 0 aliphatic carbocycles. The second-order valence-electron chi connectivity index (χ2n) is 5.12. The molecule has 1 aliphatic rings. The summed E-state index contributed by atoms with van der Waals surface area (Å²) in [5, 5.41) is 8.14. The highest BCUT2D eigenvalue weighted by Gasteiger charge is 2.14. The van der Waals surface area contributed by atoms with Crippen molar-refractivity contribution in [3.05, 3.63) is 35.4 Å². The highest BCUT2D eigenvalue weighted by atomic mass is 16.5. The molecule has 1 saturated heterocycles. The van der Waals surface area contributed by atoms with Crippen LogP contribution in [0.5, 0.6) is 0 Å². The Kier molecular flexibility index (Phi) is 4.94. The first-order valence-corrected chi connectivity index (χ1v) is 7.04. The average molecular weight is 245 g/mol. The maximum Gasteiger partial charge on any atom is 0.0468 e. The standard InChI is InChI=1S/C16H23NO/c1-2-13-3-6-15(7-4-13)16(17)8-5-14-9-11-18-12-10-14/h3-4,6-7,14,17H,2,5,8-12H2,1H3. The summed E-state index contributed by atoms with van der Waals surface area (Å²) in [7, 11) is 0. The van der Waals surface area contributed by atoms with Crippen LogP contribution in [0.25, 0.3) is 0 Å².